The van der Waals surface area contributed by atoms with E-state index in [4.69, 9.17) is 9.47 Å². The molecule has 1 N–H and O–H groups in total. The van der Waals surface area contributed by atoms with Crippen LogP contribution in [0.3, 0.4) is 0 Å². The number of aromatic nitrogens is 2. The molecule has 3 aromatic rings. The molecular weight excluding hydrogens is 423 g/mol. The minimum absolute atomic E-state index is 0.319. The summed E-state index contributed by atoms with van der Waals surface area (Å²) < 4.78 is 52.9. The van der Waals surface area contributed by atoms with E-state index in [1.807, 2.05) is 0 Å². The first kappa shape index (κ1) is 21.7. The number of fused-ring (bicyclic) bond motifs is 1. The fourth-order valence-corrected chi connectivity index (χ4v) is 4.02. The Morgan fingerprint density at radius 3 is 2.25 bits per heavy atom. The molecule has 0 radical (unpaired) electrons. The molecule has 1 aliphatic rings. The van der Waals surface area contributed by atoms with Gasteiger partial charge in [-0.15, -0.1) is 0 Å². The van der Waals surface area contributed by atoms with Gasteiger partial charge in [0.25, 0.3) is 5.56 Å². The maximum absolute atomic E-state index is 13.8. The molecule has 1 aliphatic carbocycles. The summed E-state index contributed by atoms with van der Waals surface area (Å²) in [4.78, 5) is 13.2. The topological polar surface area (TPSA) is 65.4 Å². The van der Waals surface area contributed by atoms with Gasteiger partial charge in [0.1, 0.15) is 11.5 Å². The van der Waals surface area contributed by atoms with Gasteiger partial charge in [0, 0.05) is 29.9 Å². The van der Waals surface area contributed by atoms with E-state index < -0.39 is 17.3 Å². The lowest BCUT2D eigenvalue weighted by Crippen LogP contribution is -2.28. The second kappa shape index (κ2) is 8.22. The molecule has 0 saturated heterocycles. The number of nitrogens with one attached hydrogen (secondary N) is 1. The molecule has 4 rings (SSSR count). The maximum atomic E-state index is 13.8. The first-order chi connectivity index (χ1) is 15.3. The normalized spacial score (nSPS) is 13.1. The van der Waals surface area contributed by atoms with Gasteiger partial charge in [-0.1, -0.05) is 0 Å². The van der Waals surface area contributed by atoms with Gasteiger partial charge < -0.3 is 14.8 Å². The largest absolute Gasteiger partial charge is 0.497 e. The van der Waals surface area contributed by atoms with Gasteiger partial charge in [0.05, 0.1) is 31.2 Å². The summed E-state index contributed by atoms with van der Waals surface area (Å²) in [6.07, 6.45) is -2.82. The zero-order valence-corrected chi connectivity index (χ0v) is 17.8. The molecule has 0 unspecified atom stereocenters. The minimum atomic E-state index is -4.65. The third-order valence-corrected chi connectivity index (χ3v) is 5.60. The summed E-state index contributed by atoms with van der Waals surface area (Å²) >= 11 is 0. The van der Waals surface area contributed by atoms with Crippen molar-refractivity contribution in [3.63, 3.8) is 0 Å². The Labute approximate surface area is 182 Å². The lowest BCUT2D eigenvalue weighted by Gasteiger charge is -2.18. The van der Waals surface area contributed by atoms with Crippen molar-refractivity contribution in [2.24, 2.45) is 0 Å². The standard InChI is InChI=1S/C23H22F3N3O3/c1-27-14-7-8-19(23(24,25)26)20(11-14)29-22(30)18-6-4-5-17(18)21(28-29)13-9-15(31-2)12-16(10-13)32-3/h7-12,27H,4-6H2,1-3H3. The van der Waals surface area contributed by atoms with Crippen LogP contribution >= 0.6 is 0 Å². The molecule has 0 amide bonds. The molecule has 0 spiro atoms. The third kappa shape index (κ3) is 3.79. The Morgan fingerprint density at radius 2 is 1.66 bits per heavy atom. The molecule has 1 heterocycles. The van der Waals surface area contributed by atoms with Crippen LogP contribution in [0.4, 0.5) is 18.9 Å². The molecule has 6 nitrogen and oxygen atoms in total. The molecule has 0 bridgehead atoms. The number of rotatable bonds is 5. The van der Waals surface area contributed by atoms with Crippen LogP contribution in [0.15, 0.2) is 41.2 Å². The van der Waals surface area contributed by atoms with Gasteiger partial charge in [0.15, 0.2) is 0 Å². The number of anilines is 1. The Balaban J connectivity index is 2.04. The molecule has 168 valence electrons. The van der Waals surface area contributed by atoms with Crippen molar-refractivity contribution in [1.82, 2.24) is 9.78 Å². The van der Waals surface area contributed by atoms with Crippen LogP contribution in [0.25, 0.3) is 16.9 Å². The summed E-state index contributed by atoms with van der Waals surface area (Å²) in [5.41, 5.74) is 0.934. The number of alkyl halides is 3. The second-order valence-electron chi connectivity index (χ2n) is 7.46. The molecule has 2 aromatic carbocycles. The average molecular weight is 445 g/mol. The molecule has 0 fully saturated rings. The predicted octanol–water partition coefficient (Wildman–Crippen LogP) is 4.47. The molecule has 9 heteroatoms. The van der Waals surface area contributed by atoms with Crippen molar-refractivity contribution in [3.8, 4) is 28.4 Å². The number of benzene rings is 2. The molecule has 0 aliphatic heterocycles. The van der Waals surface area contributed by atoms with Gasteiger partial charge in [-0.25, -0.2) is 0 Å². The number of methoxy groups -OCH3 is 2. The summed E-state index contributed by atoms with van der Waals surface area (Å²) in [5.74, 6) is 1.03. The Kier molecular flexibility index (Phi) is 5.58. The van der Waals surface area contributed by atoms with E-state index in [9.17, 15) is 18.0 Å². The fraction of sp³-hybridized carbons (Fsp3) is 0.304. The fourth-order valence-electron chi connectivity index (χ4n) is 4.02. The monoisotopic (exact) mass is 445 g/mol. The number of hydrogen-bond acceptors (Lipinski definition) is 5. The molecule has 32 heavy (non-hydrogen) atoms. The first-order valence-electron chi connectivity index (χ1n) is 10.0. The molecular formula is C23H22F3N3O3. The van der Waals surface area contributed by atoms with Crippen molar-refractivity contribution in [1.29, 1.82) is 0 Å². The van der Waals surface area contributed by atoms with E-state index in [0.717, 1.165) is 22.7 Å². The highest BCUT2D eigenvalue weighted by Gasteiger charge is 2.35. The minimum Gasteiger partial charge on any atom is -0.497 e. The van der Waals surface area contributed by atoms with Crippen LogP contribution in [-0.4, -0.2) is 31.0 Å². The van der Waals surface area contributed by atoms with E-state index in [1.165, 1.54) is 26.4 Å². The number of nitrogens with zero attached hydrogens (tertiary/aromatic N) is 2. The van der Waals surface area contributed by atoms with Crippen LogP contribution in [0.1, 0.15) is 23.1 Å². The number of hydrogen-bond donors (Lipinski definition) is 1. The summed E-state index contributed by atoms with van der Waals surface area (Å²) in [6, 6.07) is 8.71. The molecule has 0 atom stereocenters. The van der Waals surface area contributed by atoms with Gasteiger partial charge in [0.2, 0.25) is 0 Å². The zero-order valence-electron chi connectivity index (χ0n) is 17.8. The summed E-state index contributed by atoms with van der Waals surface area (Å²) in [5, 5.41) is 7.27. The summed E-state index contributed by atoms with van der Waals surface area (Å²) in [6.45, 7) is 0. The predicted molar refractivity (Wildman–Crippen MR) is 115 cm³/mol. The third-order valence-electron chi connectivity index (χ3n) is 5.60. The zero-order chi connectivity index (χ0) is 23.0. The van der Waals surface area contributed by atoms with E-state index in [2.05, 4.69) is 10.4 Å². The van der Waals surface area contributed by atoms with Crippen molar-refractivity contribution < 1.29 is 22.6 Å². The van der Waals surface area contributed by atoms with Gasteiger partial charge in [-0.05, 0) is 55.2 Å². The highest BCUT2D eigenvalue weighted by Crippen LogP contribution is 2.37. The van der Waals surface area contributed by atoms with Crippen LogP contribution < -0.4 is 20.3 Å². The van der Waals surface area contributed by atoms with Crippen LogP contribution in [0.2, 0.25) is 0 Å². The van der Waals surface area contributed by atoms with Crippen LogP contribution in [0.5, 0.6) is 11.5 Å². The highest BCUT2D eigenvalue weighted by molar-refractivity contribution is 5.69. The van der Waals surface area contributed by atoms with Crippen LogP contribution in [0, 0.1) is 0 Å². The van der Waals surface area contributed by atoms with E-state index in [0.29, 0.717) is 46.8 Å². The van der Waals surface area contributed by atoms with E-state index >= 15 is 0 Å². The van der Waals surface area contributed by atoms with Crippen LogP contribution in [-0.2, 0) is 19.0 Å². The van der Waals surface area contributed by atoms with Crippen molar-refractivity contribution in [2.45, 2.75) is 25.4 Å². The maximum Gasteiger partial charge on any atom is 0.418 e. The highest BCUT2D eigenvalue weighted by atomic mass is 19.4. The summed E-state index contributed by atoms with van der Waals surface area (Å²) in [7, 11) is 4.62. The molecule has 0 saturated carbocycles. The van der Waals surface area contributed by atoms with E-state index in [-0.39, 0.29) is 5.69 Å². The Bertz CT molecular complexity index is 1210. The number of halogens is 3. The van der Waals surface area contributed by atoms with Gasteiger partial charge in [-0.2, -0.15) is 23.0 Å². The Morgan fingerprint density at radius 1 is 1.00 bits per heavy atom. The SMILES string of the molecule is CNc1ccc(C(F)(F)F)c(-n2nc(-c3cc(OC)cc(OC)c3)c3c(c2=O)CCC3)c1. The van der Waals surface area contributed by atoms with Gasteiger partial charge >= 0.3 is 6.18 Å². The van der Waals surface area contributed by atoms with Crippen molar-refractivity contribution >= 4 is 5.69 Å². The lowest BCUT2D eigenvalue weighted by molar-refractivity contribution is -0.137. The average Bonchev–Trinajstić information content (AvgIpc) is 3.28. The number of ether oxygens (including phenoxy) is 2. The Hall–Kier alpha value is -3.49. The van der Waals surface area contributed by atoms with Gasteiger partial charge in [-0.3, -0.25) is 4.79 Å². The quantitative estimate of drug-likeness (QED) is 0.628. The van der Waals surface area contributed by atoms with Crippen molar-refractivity contribution in [2.75, 3.05) is 26.6 Å². The van der Waals surface area contributed by atoms with Crippen molar-refractivity contribution in [3.05, 3.63) is 63.4 Å². The lowest BCUT2D eigenvalue weighted by atomic mass is 10.0. The smallest absolute Gasteiger partial charge is 0.418 e. The van der Waals surface area contributed by atoms with E-state index in [1.54, 1.807) is 25.2 Å². The first-order valence-corrected chi connectivity index (χ1v) is 10.0. The molecule has 1 aromatic heterocycles. The second-order valence-corrected chi connectivity index (χ2v) is 7.46.